The Hall–Kier alpha value is -3.47. The highest BCUT2D eigenvalue weighted by Crippen LogP contribution is 2.31. The zero-order valence-electron chi connectivity index (χ0n) is 16.8. The lowest BCUT2D eigenvalue weighted by molar-refractivity contribution is -0.137. The molecular weight excluding hydrogens is 409 g/mol. The van der Waals surface area contributed by atoms with Crippen molar-refractivity contribution >= 4 is 17.5 Å². The van der Waals surface area contributed by atoms with Gasteiger partial charge in [-0.25, -0.2) is 0 Å². The van der Waals surface area contributed by atoms with Crippen LogP contribution in [0.3, 0.4) is 0 Å². The summed E-state index contributed by atoms with van der Waals surface area (Å²) in [6.45, 7) is 2.21. The molecule has 1 heterocycles. The molecule has 1 fully saturated rings. The first-order chi connectivity index (χ1) is 14.7. The second-order valence-corrected chi connectivity index (χ2v) is 7.13. The van der Waals surface area contributed by atoms with E-state index in [0.717, 1.165) is 23.4 Å². The minimum Gasteiger partial charge on any atom is -0.481 e. The molecule has 0 saturated carbocycles. The zero-order valence-corrected chi connectivity index (χ0v) is 16.8. The third-order valence-corrected chi connectivity index (χ3v) is 4.79. The molecule has 1 unspecified atom stereocenters. The number of hydrogen-bond acceptors (Lipinski definition) is 3. The number of carbonyl (C=O) groups is 2. The van der Waals surface area contributed by atoms with Crippen molar-refractivity contribution in [2.75, 3.05) is 24.6 Å². The molecule has 1 aliphatic rings. The number of anilines is 1. The Labute approximate surface area is 178 Å². The van der Waals surface area contributed by atoms with E-state index in [-0.39, 0.29) is 37.1 Å². The van der Waals surface area contributed by atoms with Crippen LogP contribution in [0.25, 0.3) is 0 Å². The highest BCUT2D eigenvalue weighted by Gasteiger charge is 2.34. The Kier molecular flexibility index (Phi) is 6.85. The van der Waals surface area contributed by atoms with Crippen LogP contribution >= 0.6 is 0 Å². The van der Waals surface area contributed by atoms with Gasteiger partial charge in [0.05, 0.1) is 18.0 Å². The van der Waals surface area contributed by atoms with Gasteiger partial charge in [-0.15, -0.1) is 0 Å². The molecule has 1 saturated heterocycles. The topological polar surface area (TPSA) is 58.6 Å². The molecule has 2 aromatic rings. The van der Waals surface area contributed by atoms with Crippen LogP contribution in [0.1, 0.15) is 17.5 Å². The van der Waals surface area contributed by atoms with Crippen LogP contribution in [-0.2, 0) is 15.8 Å². The molecule has 1 atom stereocenters. The van der Waals surface area contributed by atoms with Crippen molar-refractivity contribution in [3.63, 3.8) is 0 Å². The van der Waals surface area contributed by atoms with Crippen LogP contribution in [0.5, 0.6) is 5.75 Å². The minimum atomic E-state index is -4.44. The van der Waals surface area contributed by atoms with Crippen molar-refractivity contribution in [2.24, 2.45) is 5.92 Å². The summed E-state index contributed by atoms with van der Waals surface area (Å²) in [7, 11) is 0. The molecule has 5 nitrogen and oxygen atoms in total. The molecule has 0 aliphatic carbocycles. The lowest BCUT2D eigenvalue weighted by Gasteiger charge is -2.16. The van der Waals surface area contributed by atoms with Gasteiger partial charge in [0.25, 0.3) is 0 Å². The molecule has 162 valence electrons. The van der Waals surface area contributed by atoms with Crippen LogP contribution < -0.4 is 15.0 Å². The van der Waals surface area contributed by atoms with Gasteiger partial charge >= 0.3 is 6.18 Å². The van der Waals surface area contributed by atoms with Crippen LogP contribution in [0.4, 0.5) is 18.9 Å². The van der Waals surface area contributed by atoms with Gasteiger partial charge in [0.2, 0.25) is 11.8 Å². The van der Waals surface area contributed by atoms with Crippen LogP contribution in [0, 0.1) is 24.7 Å². The summed E-state index contributed by atoms with van der Waals surface area (Å²) in [6.07, 6.45) is -4.31. The van der Waals surface area contributed by atoms with Gasteiger partial charge in [0, 0.05) is 18.7 Å². The molecule has 31 heavy (non-hydrogen) atoms. The Balaban J connectivity index is 1.43. The summed E-state index contributed by atoms with van der Waals surface area (Å²) in [5, 5.41) is 2.66. The molecule has 8 heteroatoms. The summed E-state index contributed by atoms with van der Waals surface area (Å²) < 4.78 is 43.2. The standard InChI is InChI=1S/C23H21F3N2O3/c1-16-7-9-19(10-8-16)28-15-17(13-21(28)29)22(30)27-11-2-3-12-31-20-6-4-5-18(14-20)23(24,25)26/h4-10,14,17H,11-13,15H2,1H3,(H,27,30). The Bertz CT molecular complexity index is 1010. The smallest absolute Gasteiger partial charge is 0.416 e. The first-order valence-corrected chi connectivity index (χ1v) is 9.64. The van der Waals surface area contributed by atoms with Crippen molar-refractivity contribution in [1.29, 1.82) is 0 Å². The van der Waals surface area contributed by atoms with Gasteiger partial charge in [-0.2, -0.15) is 13.2 Å². The van der Waals surface area contributed by atoms with Crippen LogP contribution in [0.15, 0.2) is 48.5 Å². The molecule has 0 aromatic heterocycles. The zero-order chi connectivity index (χ0) is 22.4. The average molecular weight is 430 g/mol. The number of rotatable bonds is 5. The summed E-state index contributed by atoms with van der Waals surface area (Å²) in [4.78, 5) is 26.1. The number of benzene rings is 2. The predicted molar refractivity (Wildman–Crippen MR) is 109 cm³/mol. The second kappa shape index (κ2) is 9.56. The molecule has 0 spiro atoms. The van der Waals surface area contributed by atoms with E-state index in [0.29, 0.717) is 6.54 Å². The normalized spacial score (nSPS) is 15.9. The lowest BCUT2D eigenvalue weighted by atomic mass is 10.1. The number of alkyl halides is 3. The van der Waals surface area contributed by atoms with Crippen molar-refractivity contribution in [1.82, 2.24) is 5.32 Å². The molecule has 0 radical (unpaired) electrons. The number of nitrogens with one attached hydrogen (secondary N) is 1. The molecular formula is C23H21F3N2O3. The number of nitrogens with zero attached hydrogens (tertiary/aromatic N) is 1. The van der Waals surface area contributed by atoms with E-state index in [1.807, 2.05) is 31.2 Å². The highest BCUT2D eigenvalue weighted by molar-refractivity contribution is 6.00. The van der Waals surface area contributed by atoms with Crippen LogP contribution in [-0.4, -0.2) is 31.5 Å². The van der Waals surface area contributed by atoms with E-state index in [4.69, 9.17) is 4.74 Å². The van der Waals surface area contributed by atoms with E-state index < -0.39 is 17.7 Å². The third kappa shape index (κ3) is 6.01. The lowest BCUT2D eigenvalue weighted by Crippen LogP contribution is -2.33. The Morgan fingerprint density at radius 2 is 1.94 bits per heavy atom. The predicted octanol–water partition coefficient (Wildman–Crippen LogP) is 3.57. The summed E-state index contributed by atoms with van der Waals surface area (Å²) in [6, 6.07) is 12.1. The van der Waals surface area contributed by atoms with E-state index in [1.165, 1.54) is 12.1 Å². The molecule has 3 rings (SSSR count). The Morgan fingerprint density at radius 3 is 2.65 bits per heavy atom. The highest BCUT2D eigenvalue weighted by atomic mass is 19.4. The van der Waals surface area contributed by atoms with Gasteiger partial charge in [-0.3, -0.25) is 9.59 Å². The third-order valence-electron chi connectivity index (χ3n) is 4.79. The summed E-state index contributed by atoms with van der Waals surface area (Å²) >= 11 is 0. The Morgan fingerprint density at radius 1 is 1.19 bits per heavy atom. The first-order valence-electron chi connectivity index (χ1n) is 9.64. The van der Waals surface area contributed by atoms with Crippen molar-refractivity contribution in [3.05, 3.63) is 59.7 Å². The van der Waals surface area contributed by atoms with Gasteiger partial charge < -0.3 is 15.0 Å². The molecule has 2 amide bonds. The van der Waals surface area contributed by atoms with Gasteiger partial charge in [-0.1, -0.05) is 35.6 Å². The maximum Gasteiger partial charge on any atom is 0.416 e. The maximum atomic E-state index is 12.7. The number of halogens is 3. The SMILES string of the molecule is Cc1ccc(N2CC(C(=O)NCC#CCOc3cccc(C(F)(F)F)c3)CC2=O)cc1. The number of amides is 2. The van der Waals surface area contributed by atoms with E-state index >= 15 is 0 Å². The minimum absolute atomic E-state index is 0.0556. The van der Waals surface area contributed by atoms with Crippen molar-refractivity contribution in [2.45, 2.75) is 19.5 Å². The number of hydrogen-bond donors (Lipinski definition) is 1. The molecule has 1 aliphatic heterocycles. The number of aryl methyl sites for hydroxylation is 1. The van der Waals surface area contributed by atoms with E-state index in [9.17, 15) is 22.8 Å². The molecule has 0 bridgehead atoms. The fourth-order valence-corrected chi connectivity index (χ4v) is 3.13. The number of ether oxygens (including phenoxy) is 1. The average Bonchev–Trinajstić information content (AvgIpc) is 3.12. The quantitative estimate of drug-likeness (QED) is 0.738. The maximum absolute atomic E-state index is 12.7. The number of carbonyl (C=O) groups excluding carboxylic acids is 2. The summed E-state index contributed by atoms with van der Waals surface area (Å²) in [5.74, 6) is 4.56. The fraction of sp³-hybridized carbons (Fsp3) is 0.304. The summed E-state index contributed by atoms with van der Waals surface area (Å²) in [5.41, 5.74) is 1.05. The van der Waals surface area contributed by atoms with Crippen molar-refractivity contribution < 1.29 is 27.5 Å². The second-order valence-electron chi connectivity index (χ2n) is 7.13. The van der Waals surface area contributed by atoms with Crippen molar-refractivity contribution in [3.8, 4) is 17.6 Å². The van der Waals surface area contributed by atoms with Crippen LogP contribution in [0.2, 0.25) is 0 Å². The first kappa shape index (κ1) is 22.2. The van der Waals surface area contributed by atoms with E-state index in [1.54, 1.807) is 4.90 Å². The van der Waals surface area contributed by atoms with E-state index in [2.05, 4.69) is 17.2 Å². The molecule has 2 aromatic carbocycles. The largest absolute Gasteiger partial charge is 0.481 e. The van der Waals surface area contributed by atoms with Gasteiger partial charge in [-0.05, 0) is 37.3 Å². The molecule has 1 N–H and O–H groups in total. The fourth-order valence-electron chi connectivity index (χ4n) is 3.13. The monoisotopic (exact) mass is 430 g/mol. The van der Waals surface area contributed by atoms with Gasteiger partial charge in [0.15, 0.2) is 0 Å². The van der Waals surface area contributed by atoms with Gasteiger partial charge in [0.1, 0.15) is 12.4 Å².